The number of anilines is 1. The Morgan fingerprint density at radius 2 is 2.21 bits per heavy atom. The van der Waals surface area contributed by atoms with E-state index in [1.807, 2.05) is 0 Å². The van der Waals surface area contributed by atoms with Crippen molar-refractivity contribution >= 4 is 44.7 Å². The van der Waals surface area contributed by atoms with Crippen LogP contribution < -0.4 is 5.73 Å². The number of aromatic carboxylic acids is 1. The van der Waals surface area contributed by atoms with Crippen LogP contribution in [0.2, 0.25) is 5.02 Å². The molecule has 1 aromatic heterocycles. The third kappa shape index (κ3) is 1.23. The Bertz CT molecular complexity index is 521. The normalized spacial score (nSPS) is 10.6. The van der Waals surface area contributed by atoms with Gasteiger partial charge in [-0.25, -0.2) is 4.79 Å². The van der Waals surface area contributed by atoms with Crippen molar-refractivity contribution in [2.75, 3.05) is 5.73 Å². The first-order valence-corrected chi connectivity index (χ1v) is 5.05. The maximum absolute atomic E-state index is 11.0. The molecule has 0 amide bonds. The first-order chi connectivity index (χ1) is 6.61. The number of fused-ring (bicyclic) bond motifs is 1. The van der Waals surface area contributed by atoms with Crippen LogP contribution in [0.15, 0.2) is 17.5 Å². The van der Waals surface area contributed by atoms with E-state index >= 15 is 0 Å². The summed E-state index contributed by atoms with van der Waals surface area (Å²) in [4.78, 5) is 11.0. The fourth-order valence-corrected chi connectivity index (χ4v) is 2.43. The van der Waals surface area contributed by atoms with Gasteiger partial charge in [0.05, 0.1) is 16.3 Å². The predicted octanol–water partition coefficient (Wildman–Crippen LogP) is 2.84. The molecule has 3 nitrogen and oxygen atoms in total. The quantitative estimate of drug-likeness (QED) is 0.788. The van der Waals surface area contributed by atoms with Gasteiger partial charge >= 0.3 is 5.97 Å². The van der Waals surface area contributed by atoms with Crippen molar-refractivity contribution in [2.24, 2.45) is 0 Å². The largest absolute Gasteiger partial charge is 0.478 e. The first kappa shape index (κ1) is 9.30. The summed E-state index contributed by atoms with van der Waals surface area (Å²) in [5, 5.41) is 11.4. The van der Waals surface area contributed by atoms with Crippen LogP contribution in [0.4, 0.5) is 5.69 Å². The number of halogens is 1. The van der Waals surface area contributed by atoms with Crippen molar-refractivity contribution in [3.05, 3.63) is 28.1 Å². The van der Waals surface area contributed by atoms with Gasteiger partial charge in [-0.2, -0.15) is 0 Å². The maximum Gasteiger partial charge on any atom is 0.337 e. The molecule has 0 atom stereocenters. The molecule has 2 aromatic rings. The van der Waals surface area contributed by atoms with Gasteiger partial charge in [-0.1, -0.05) is 11.6 Å². The lowest BCUT2D eigenvalue weighted by Crippen LogP contribution is -1.99. The summed E-state index contributed by atoms with van der Waals surface area (Å²) >= 11 is 7.20. The number of hydrogen-bond donors (Lipinski definition) is 2. The van der Waals surface area contributed by atoms with Gasteiger partial charge in [0.1, 0.15) is 0 Å². The number of nitrogens with two attached hydrogens (primary N) is 1. The van der Waals surface area contributed by atoms with Crippen LogP contribution >= 0.6 is 22.9 Å². The zero-order valence-electron chi connectivity index (χ0n) is 6.95. The number of carbonyl (C=O) groups is 1. The van der Waals surface area contributed by atoms with Crippen molar-refractivity contribution in [2.45, 2.75) is 0 Å². The molecule has 1 aromatic carbocycles. The lowest BCUT2D eigenvalue weighted by atomic mass is 10.1. The van der Waals surface area contributed by atoms with Gasteiger partial charge in [0, 0.05) is 15.5 Å². The van der Waals surface area contributed by atoms with Crippen LogP contribution in [0.5, 0.6) is 0 Å². The summed E-state index contributed by atoms with van der Waals surface area (Å²) in [6.07, 6.45) is 0. The van der Waals surface area contributed by atoms with E-state index in [0.717, 1.165) is 4.70 Å². The number of rotatable bonds is 1. The molecular weight excluding hydrogens is 222 g/mol. The van der Waals surface area contributed by atoms with Gasteiger partial charge in [-0.3, -0.25) is 0 Å². The highest BCUT2D eigenvalue weighted by Gasteiger charge is 2.16. The zero-order chi connectivity index (χ0) is 10.3. The summed E-state index contributed by atoms with van der Waals surface area (Å²) in [6.45, 7) is 0. The van der Waals surface area contributed by atoms with Gasteiger partial charge in [-0.05, 0) is 12.1 Å². The fraction of sp³-hybridized carbons (Fsp3) is 0. The van der Waals surface area contributed by atoms with Crippen LogP contribution in [0.3, 0.4) is 0 Å². The van der Waals surface area contributed by atoms with Crippen molar-refractivity contribution in [3.63, 3.8) is 0 Å². The molecule has 0 fully saturated rings. The number of hydrogen-bond acceptors (Lipinski definition) is 3. The molecule has 3 N–H and O–H groups in total. The van der Waals surface area contributed by atoms with Gasteiger partial charge in [0.2, 0.25) is 0 Å². The van der Waals surface area contributed by atoms with E-state index < -0.39 is 5.97 Å². The third-order valence-electron chi connectivity index (χ3n) is 1.93. The van der Waals surface area contributed by atoms with E-state index in [2.05, 4.69) is 0 Å². The first-order valence-electron chi connectivity index (χ1n) is 3.79. The van der Waals surface area contributed by atoms with Gasteiger partial charge < -0.3 is 10.8 Å². The number of carboxylic acids is 1. The van der Waals surface area contributed by atoms with Crippen molar-refractivity contribution in [3.8, 4) is 0 Å². The number of nitrogen functional groups attached to an aromatic ring is 1. The van der Waals surface area contributed by atoms with Crippen LogP contribution in [0.25, 0.3) is 10.1 Å². The van der Waals surface area contributed by atoms with Crippen molar-refractivity contribution < 1.29 is 9.90 Å². The standard InChI is InChI=1S/C9H6ClNO2S/c10-4-1-2-6-8(5(11)3-14-6)7(4)9(12)13/h1-3H,11H2,(H,12,13). The van der Waals surface area contributed by atoms with Crippen LogP contribution in [-0.2, 0) is 0 Å². The van der Waals surface area contributed by atoms with E-state index in [4.69, 9.17) is 22.4 Å². The minimum atomic E-state index is -1.05. The molecule has 0 aliphatic rings. The topological polar surface area (TPSA) is 63.3 Å². The van der Waals surface area contributed by atoms with Crippen LogP contribution in [0, 0.1) is 0 Å². The van der Waals surface area contributed by atoms with Crippen LogP contribution in [-0.4, -0.2) is 11.1 Å². The molecule has 0 saturated heterocycles. The van der Waals surface area contributed by atoms with Gasteiger partial charge in [-0.15, -0.1) is 11.3 Å². The van der Waals surface area contributed by atoms with Crippen LogP contribution in [0.1, 0.15) is 10.4 Å². The lowest BCUT2D eigenvalue weighted by Gasteiger charge is -2.01. The van der Waals surface area contributed by atoms with Crippen molar-refractivity contribution in [1.82, 2.24) is 0 Å². The number of carboxylic acid groups (broad SMARTS) is 1. The van der Waals surface area contributed by atoms with Crippen molar-refractivity contribution in [1.29, 1.82) is 0 Å². The SMILES string of the molecule is Nc1csc2ccc(Cl)c(C(=O)O)c12. The Morgan fingerprint density at radius 1 is 1.50 bits per heavy atom. The molecule has 0 bridgehead atoms. The monoisotopic (exact) mass is 227 g/mol. The van der Waals surface area contributed by atoms with Gasteiger partial charge in [0.15, 0.2) is 0 Å². The predicted molar refractivity (Wildman–Crippen MR) is 58.2 cm³/mol. The summed E-state index contributed by atoms with van der Waals surface area (Å²) in [6, 6.07) is 3.34. The summed E-state index contributed by atoms with van der Waals surface area (Å²) < 4.78 is 0.837. The minimum absolute atomic E-state index is 0.0860. The van der Waals surface area contributed by atoms with E-state index in [9.17, 15) is 4.79 Å². The summed E-state index contributed by atoms with van der Waals surface area (Å²) in [5.74, 6) is -1.05. The highest BCUT2D eigenvalue weighted by molar-refractivity contribution is 7.17. The molecule has 5 heteroatoms. The molecule has 0 aliphatic carbocycles. The molecule has 0 aliphatic heterocycles. The molecule has 0 spiro atoms. The average molecular weight is 228 g/mol. The third-order valence-corrected chi connectivity index (χ3v) is 3.21. The molecule has 2 rings (SSSR count). The summed E-state index contributed by atoms with van der Waals surface area (Å²) in [7, 11) is 0. The van der Waals surface area contributed by atoms with E-state index in [1.165, 1.54) is 11.3 Å². The van der Waals surface area contributed by atoms with E-state index in [-0.39, 0.29) is 10.6 Å². The van der Waals surface area contributed by atoms with E-state index in [1.54, 1.807) is 17.5 Å². The second kappa shape index (κ2) is 3.15. The highest BCUT2D eigenvalue weighted by Crippen LogP contribution is 2.34. The molecule has 0 saturated carbocycles. The minimum Gasteiger partial charge on any atom is -0.478 e. The Morgan fingerprint density at radius 3 is 2.86 bits per heavy atom. The molecule has 0 unspecified atom stereocenters. The lowest BCUT2D eigenvalue weighted by molar-refractivity contribution is 0.0699. The number of thiophene rings is 1. The summed E-state index contributed by atoms with van der Waals surface area (Å²) in [5.41, 5.74) is 6.22. The van der Waals surface area contributed by atoms with Gasteiger partial charge in [0.25, 0.3) is 0 Å². The smallest absolute Gasteiger partial charge is 0.337 e. The Hall–Kier alpha value is -1.26. The molecule has 72 valence electrons. The highest BCUT2D eigenvalue weighted by atomic mass is 35.5. The second-order valence-corrected chi connectivity index (χ2v) is 4.11. The fourth-order valence-electron chi connectivity index (χ4n) is 1.34. The average Bonchev–Trinajstić information content (AvgIpc) is 2.47. The van der Waals surface area contributed by atoms with E-state index in [0.29, 0.717) is 11.1 Å². The molecule has 0 radical (unpaired) electrons. The molecule has 1 heterocycles. The Kier molecular flexibility index (Phi) is 2.09. The number of benzene rings is 1. The molecular formula is C9H6ClNO2S. The Labute approximate surface area is 88.7 Å². The zero-order valence-corrected chi connectivity index (χ0v) is 8.52. The maximum atomic E-state index is 11.0. The molecule has 14 heavy (non-hydrogen) atoms. The second-order valence-electron chi connectivity index (χ2n) is 2.79. The Balaban J connectivity index is 2.94.